The molecule has 0 aliphatic carbocycles. The van der Waals surface area contributed by atoms with Gasteiger partial charge < -0.3 is 9.84 Å². The van der Waals surface area contributed by atoms with Crippen molar-refractivity contribution in [3.05, 3.63) is 23.8 Å². The third-order valence-electron chi connectivity index (χ3n) is 2.25. The Labute approximate surface area is 81.9 Å². The molecule has 0 spiro atoms. The standard InChI is InChI=1S/C10H12O4/c1-3-7-5-14-10(13)6(2)8(7)4-9(11)12/h3,8H,2,4-5H2,1H3,(H,11,12)/b7-3+. The fourth-order valence-corrected chi connectivity index (χ4v) is 1.42. The summed E-state index contributed by atoms with van der Waals surface area (Å²) in [5.74, 6) is -1.84. The number of allylic oxidation sites excluding steroid dienone is 1. The summed E-state index contributed by atoms with van der Waals surface area (Å²) >= 11 is 0. The van der Waals surface area contributed by atoms with E-state index in [1.807, 2.05) is 0 Å². The number of aliphatic carboxylic acids is 1. The molecule has 1 heterocycles. The first-order chi connectivity index (χ1) is 6.56. The molecule has 0 radical (unpaired) electrons. The Balaban J connectivity index is 2.88. The lowest BCUT2D eigenvalue weighted by Crippen LogP contribution is -2.28. The zero-order chi connectivity index (χ0) is 10.7. The molecule has 0 bridgehead atoms. The Bertz CT molecular complexity index is 312. The number of rotatable bonds is 2. The van der Waals surface area contributed by atoms with Crippen molar-refractivity contribution in [2.75, 3.05) is 6.61 Å². The van der Waals surface area contributed by atoms with E-state index in [0.29, 0.717) is 0 Å². The first kappa shape index (κ1) is 10.5. The Morgan fingerprint density at radius 3 is 2.93 bits per heavy atom. The van der Waals surface area contributed by atoms with Crippen LogP contribution in [0, 0.1) is 5.92 Å². The van der Waals surface area contributed by atoms with Crippen molar-refractivity contribution >= 4 is 11.9 Å². The van der Waals surface area contributed by atoms with E-state index in [0.717, 1.165) is 5.57 Å². The lowest BCUT2D eigenvalue weighted by atomic mass is 9.87. The number of hydrogen-bond acceptors (Lipinski definition) is 3. The average molecular weight is 196 g/mol. The summed E-state index contributed by atoms with van der Waals surface area (Å²) in [6.07, 6.45) is 1.67. The SMILES string of the molecule is C=C1C(=O)OC/C(=C\C)C1CC(=O)O. The summed E-state index contributed by atoms with van der Waals surface area (Å²) in [4.78, 5) is 21.7. The molecule has 4 nitrogen and oxygen atoms in total. The largest absolute Gasteiger partial charge is 0.481 e. The van der Waals surface area contributed by atoms with E-state index in [9.17, 15) is 9.59 Å². The molecular weight excluding hydrogens is 184 g/mol. The van der Waals surface area contributed by atoms with Gasteiger partial charge in [0.05, 0.1) is 6.42 Å². The summed E-state index contributed by atoms with van der Waals surface area (Å²) in [6, 6.07) is 0. The quantitative estimate of drug-likeness (QED) is 0.408. The first-order valence-electron chi connectivity index (χ1n) is 4.29. The number of ether oxygens (including phenoxy) is 1. The van der Waals surface area contributed by atoms with Gasteiger partial charge in [0, 0.05) is 11.5 Å². The topological polar surface area (TPSA) is 63.6 Å². The zero-order valence-corrected chi connectivity index (χ0v) is 7.95. The highest BCUT2D eigenvalue weighted by atomic mass is 16.5. The van der Waals surface area contributed by atoms with Crippen LogP contribution < -0.4 is 0 Å². The van der Waals surface area contributed by atoms with E-state index in [1.54, 1.807) is 13.0 Å². The van der Waals surface area contributed by atoms with Crippen molar-refractivity contribution in [3.8, 4) is 0 Å². The highest BCUT2D eigenvalue weighted by molar-refractivity contribution is 5.91. The average Bonchev–Trinajstić information content (AvgIpc) is 2.13. The predicted octanol–water partition coefficient (Wildman–Crippen LogP) is 1.14. The van der Waals surface area contributed by atoms with Crippen molar-refractivity contribution < 1.29 is 19.4 Å². The monoisotopic (exact) mass is 196 g/mol. The van der Waals surface area contributed by atoms with Gasteiger partial charge in [-0.3, -0.25) is 4.79 Å². The molecule has 1 aliphatic rings. The van der Waals surface area contributed by atoms with Crippen molar-refractivity contribution in [1.82, 2.24) is 0 Å². The molecule has 0 saturated carbocycles. The van der Waals surface area contributed by atoms with Gasteiger partial charge in [-0.15, -0.1) is 0 Å². The van der Waals surface area contributed by atoms with Crippen LogP contribution in [0.2, 0.25) is 0 Å². The molecule has 0 aromatic rings. The van der Waals surface area contributed by atoms with Gasteiger partial charge in [0.15, 0.2) is 0 Å². The third kappa shape index (κ3) is 2.02. The molecule has 0 aromatic heterocycles. The van der Waals surface area contributed by atoms with Crippen LogP contribution in [-0.2, 0) is 14.3 Å². The maximum Gasteiger partial charge on any atom is 0.334 e. The van der Waals surface area contributed by atoms with Gasteiger partial charge in [-0.05, 0) is 12.5 Å². The van der Waals surface area contributed by atoms with Gasteiger partial charge in [0.2, 0.25) is 0 Å². The summed E-state index contributed by atoms with van der Waals surface area (Å²) in [7, 11) is 0. The van der Waals surface area contributed by atoms with E-state index < -0.39 is 17.9 Å². The fourth-order valence-electron chi connectivity index (χ4n) is 1.42. The maximum absolute atomic E-state index is 11.1. The summed E-state index contributed by atoms with van der Waals surface area (Å²) in [6.45, 7) is 5.51. The second kappa shape index (κ2) is 4.09. The molecular formula is C10H12O4. The van der Waals surface area contributed by atoms with E-state index in [4.69, 9.17) is 9.84 Å². The van der Waals surface area contributed by atoms with Gasteiger partial charge in [0.1, 0.15) is 6.61 Å². The van der Waals surface area contributed by atoms with Crippen LogP contribution in [0.4, 0.5) is 0 Å². The molecule has 1 N–H and O–H groups in total. The van der Waals surface area contributed by atoms with Crippen LogP contribution in [0.5, 0.6) is 0 Å². The normalized spacial score (nSPS) is 24.9. The number of carbonyl (C=O) groups excluding carboxylic acids is 1. The summed E-state index contributed by atoms with van der Waals surface area (Å²) < 4.78 is 4.81. The molecule has 14 heavy (non-hydrogen) atoms. The van der Waals surface area contributed by atoms with E-state index in [2.05, 4.69) is 6.58 Å². The number of cyclic esters (lactones) is 1. The van der Waals surface area contributed by atoms with E-state index in [-0.39, 0.29) is 18.6 Å². The fraction of sp³-hybridized carbons (Fsp3) is 0.400. The molecule has 1 saturated heterocycles. The van der Waals surface area contributed by atoms with Crippen LogP contribution in [0.1, 0.15) is 13.3 Å². The van der Waals surface area contributed by atoms with Crippen molar-refractivity contribution in [2.24, 2.45) is 5.92 Å². The number of esters is 1. The Hall–Kier alpha value is -1.58. The molecule has 1 atom stereocenters. The Kier molecular flexibility index (Phi) is 3.06. The van der Waals surface area contributed by atoms with Crippen LogP contribution in [0.25, 0.3) is 0 Å². The minimum atomic E-state index is -0.940. The molecule has 1 rings (SSSR count). The minimum Gasteiger partial charge on any atom is -0.481 e. The third-order valence-corrected chi connectivity index (χ3v) is 2.25. The number of carbonyl (C=O) groups is 2. The van der Waals surface area contributed by atoms with E-state index in [1.165, 1.54) is 0 Å². The van der Waals surface area contributed by atoms with E-state index >= 15 is 0 Å². The summed E-state index contributed by atoms with van der Waals surface area (Å²) in [5, 5.41) is 8.66. The highest BCUT2D eigenvalue weighted by Crippen LogP contribution is 2.28. The smallest absolute Gasteiger partial charge is 0.334 e. The first-order valence-corrected chi connectivity index (χ1v) is 4.29. The van der Waals surface area contributed by atoms with Crippen LogP contribution in [0.15, 0.2) is 23.8 Å². The second-order valence-electron chi connectivity index (χ2n) is 3.12. The van der Waals surface area contributed by atoms with Gasteiger partial charge >= 0.3 is 11.9 Å². The van der Waals surface area contributed by atoms with Gasteiger partial charge in [-0.2, -0.15) is 0 Å². The number of hydrogen-bond donors (Lipinski definition) is 1. The molecule has 0 amide bonds. The molecule has 1 fully saturated rings. The number of carboxylic acids is 1. The molecule has 1 aliphatic heterocycles. The van der Waals surface area contributed by atoms with Gasteiger partial charge in [0.25, 0.3) is 0 Å². The highest BCUT2D eigenvalue weighted by Gasteiger charge is 2.30. The summed E-state index contributed by atoms with van der Waals surface area (Å²) in [5.41, 5.74) is 1.03. The molecule has 4 heteroatoms. The van der Waals surface area contributed by atoms with Crippen molar-refractivity contribution in [2.45, 2.75) is 13.3 Å². The molecule has 0 aromatic carbocycles. The predicted molar refractivity (Wildman–Crippen MR) is 49.6 cm³/mol. The Morgan fingerprint density at radius 1 is 1.79 bits per heavy atom. The maximum atomic E-state index is 11.1. The Morgan fingerprint density at radius 2 is 2.43 bits per heavy atom. The second-order valence-corrected chi connectivity index (χ2v) is 3.12. The lowest BCUT2D eigenvalue weighted by Gasteiger charge is -2.25. The van der Waals surface area contributed by atoms with Gasteiger partial charge in [-0.25, -0.2) is 4.79 Å². The number of carboxylic acid groups (broad SMARTS) is 1. The van der Waals surface area contributed by atoms with Crippen molar-refractivity contribution in [1.29, 1.82) is 0 Å². The van der Waals surface area contributed by atoms with Crippen molar-refractivity contribution in [3.63, 3.8) is 0 Å². The van der Waals surface area contributed by atoms with Crippen LogP contribution in [-0.4, -0.2) is 23.7 Å². The minimum absolute atomic E-state index is 0.104. The molecule has 76 valence electrons. The lowest BCUT2D eigenvalue weighted by molar-refractivity contribution is -0.141. The van der Waals surface area contributed by atoms with Crippen LogP contribution in [0.3, 0.4) is 0 Å². The molecule has 1 unspecified atom stereocenters. The zero-order valence-electron chi connectivity index (χ0n) is 7.95. The van der Waals surface area contributed by atoms with Crippen LogP contribution >= 0.6 is 0 Å². The van der Waals surface area contributed by atoms with Gasteiger partial charge in [-0.1, -0.05) is 12.7 Å².